The number of aryl methyl sites for hydroxylation is 2. The Bertz CT molecular complexity index is 631. The molecule has 2 rings (SSSR count). The third-order valence-corrected chi connectivity index (χ3v) is 3.50. The maximum atomic E-state index is 12.3. The predicted octanol–water partition coefficient (Wildman–Crippen LogP) is 2.95. The van der Waals surface area contributed by atoms with E-state index in [2.05, 4.69) is 4.98 Å². The lowest BCUT2D eigenvalue weighted by Gasteiger charge is -2.17. The number of ether oxygens (including phenoxy) is 1. The normalized spacial score (nSPS) is 10.9. The van der Waals surface area contributed by atoms with Crippen molar-refractivity contribution in [3.8, 4) is 5.75 Å². The van der Waals surface area contributed by atoms with Crippen LogP contribution in [0.5, 0.6) is 5.75 Å². The van der Waals surface area contributed by atoms with Gasteiger partial charge in [0.15, 0.2) is 5.78 Å². The molecule has 0 amide bonds. The van der Waals surface area contributed by atoms with Crippen LogP contribution < -0.4 is 4.74 Å². The highest BCUT2D eigenvalue weighted by Gasteiger charge is 2.14. The Hall–Kier alpha value is -2.07. The van der Waals surface area contributed by atoms with Crippen molar-refractivity contribution >= 4 is 5.78 Å². The molecular formula is C17H22N2O2. The summed E-state index contributed by atoms with van der Waals surface area (Å²) >= 11 is 0. The Kier molecular flexibility index (Phi) is 4.81. The van der Waals surface area contributed by atoms with Crippen LogP contribution in [0.3, 0.4) is 0 Å². The van der Waals surface area contributed by atoms with Gasteiger partial charge in [0, 0.05) is 29.1 Å². The number of hydrogen-bond donors (Lipinski definition) is 1. The molecule has 0 atom stereocenters. The number of methoxy groups -OCH3 is 1. The van der Waals surface area contributed by atoms with Crippen molar-refractivity contribution in [1.82, 2.24) is 9.88 Å². The lowest BCUT2D eigenvalue weighted by Crippen LogP contribution is -2.26. The number of carbonyl (C=O) groups is 1. The quantitative estimate of drug-likeness (QED) is 0.830. The monoisotopic (exact) mass is 286 g/mol. The molecule has 0 unspecified atom stereocenters. The van der Waals surface area contributed by atoms with E-state index in [1.807, 2.05) is 56.1 Å². The van der Waals surface area contributed by atoms with Gasteiger partial charge in [-0.3, -0.25) is 9.69 Å². The molecule has 1 aromatic carbocycles. The van der Waals surface area contributed by atoms with Crippen molar-refractivity contribution in [1.29, 1.82) is 0 Å². The first kappa shape index (κ1) is 15.3. The average Bonchev–Trinajstić information content (AvgIpc) is 2.78. The van der Waals surface area contributed by atoms with Crippen molar-refractivity contribution in [3.63, 3.8) is 0 Å². The number of rotatable bonds is 6. The van der Waals surface area contributed by atoms with Crippen LogP contribution in [0.2, 0.25) is 0 Å². The molecule has 0 saturated carbocycles. The zero-order valence-electron chi connectivity index (χ0n) is 13.1. The molecule has 1 aromatic heterocycles. The number of Topliss-reactive ketones (excluding diaryl/α,β-unsaturated/α-hetero) is 1. The molecule has 0 fully saturated rings. The van der Waals surface area contributed by atoms with Crippen LogP contribution in [0.4, 0.5) is 0 Å². The molecule has 0 spiro atoms. The van der Waals surface area contributed by atoms with Crippen LogP contribution in [0.15, 0.2) is 30.3 Å². The first-order valence-corrected chi connectivity index (χ1v) is 7.01. The van der Waals surface area contributed by atoms with Gasteiger partial charge in [-0.2, -0.15) is 0 Å². The number of nitrogens with one attached hydrogen (secondary N) is 1. The van der Waals surface area contributed by atoms with Gasteiger partial charge in [0.25, 0.3) is 0 Å². The van der Waals surface area contributed by atoms with E-state index in [0.717, 1.165) is 28.3 Å². The number of benzene rings is 1. The summed E-state index contributed by atoms with van der Waals surface area (Å²) < 4.78 is 5.34. The highest BCUT2D eigenvalue weighted by molar-refractivity contribution is 5.98. The van der Waals surface area contributed by atoms with Gasteiger partial charge in [-0.05, 0) is 33.0 Å². The minimum atomic E-state index is 0.134. The number of hydrogen-bond acceptors (Lipinski definition) is 3. The van der Waals surface area contributed by atoms with Crippen molar-refractivity contribution in [2.75, 3.05) is 20.7 Å². The molecule has 4 heteroatoms. The first-order valence-electron chi connectivity index (χ1n) is 7.01. The van der Waals surface area contributed by atoms with E-state index in [1.165, 1.54) is 0 Å². The minimum Gasteiger partial charge on any atom is -0.496 e. The topological polar surface area (TPSA) is 45.3 Å². The summed E-state index contributed by atoms with van der Waals surface area (Å²) in [7, 11) is 3.61. The Balaban J connectivity index is 2.03. The molecule has 0 aliphatic rings. The van der Waals surface area contributed by atoms with E-state index < -0.39 is 0 Å². The number of aromatic amines is 1. The molecule has 1 heterocycles. The van der Waals surface area contributed by atoms with Crippen molar-refractivity contribution in [3.05, 3.63) is 52.8 Å². The molecule has 0 aliphatic carbocycles. The number of carbonyl (C=O) groups excluding carboxylic acids is 1. The summed E-state index contributed by atoms with van der Waals surface area (Å²) in [5.41, 5.74) is 3.81. The van der Waals surface area contributed by atoms with Gasteiger partial charge in [-0.1, -0.05) is 18.2 Å². The molecule has 0 radical (unpaired) electrons. The Morgan fingerprint density at radius 1 is 1.29 bits per heavy atom. The Morgan fingerprint density at radius 2 is 2.00 bits per heavy atom. The van der Waals surface area contributed by atoms with Gasteiger partial charge >= 0.3 is 0 Å². The highest BCUT2D eigenvalue weighted by Crippen LogP contribution is 2.19. The highest BCUT2D eigenvalue weighted by atomic mass is 16.5. The van der Waals surface area contributed by atoms with Crippen LogP contribution in [-0.2, 0) is 6.54 Å². The fourth-order valence-electron chi connectivity index (χ4n) is 2.52. The SMILES string of the molecule is COc1ccccc1CN(C)CC(=O)c1cc(C)[nH]c1C. The molecule has 2 aromatic rings. The third kappa shape index (κ3) is 3.73. The Morgan fingerprint density at radius 3 is 2.62 bits per heavy atom. The average molecular weight is 286 g/mol. The van der Waals surface area contributed by atoms with Crippen LogP contribution in [0.1, 0.15) is 27.3 Å². The van der Waals surface area contributed by atoms with Gasteiger partial charge in [0.1, 0.15) is 5.75 Å². The number of aromatic nitrogens is 1. The van der Waals surface area contributed by atoms with E-state index in [1.54, 1.807) is 7.11 Å². The first-order chi connectivity index (χ1) is 10.0. The predicted molar refractivity (Wildman–Crippen MR) is 83.9 cm³/mol. The van der Waals surface area contributed by atoms with Crippen molar-refractivity contribution in [2.45, 2.75) is 20.4 Å². The molecule has 1 N–H and O–H groups in total. The van der Waals surface area contributed by atoms with Crippen molar-refractivity contribution in [2.24, 2.45) is 0 Å². The summed E-state index contributed by atoms with van der Waals surface area (Å²) in [6.45, 7) is 4.96. The van der Waals surface area contributed by atoms with Crippen molar-refractivity contribution < 1.29 is 9.53 Å². The zero-order chi connectivity index (χ0) is 15.4. The molecule has 4 nitrogen and oxygen atoms in total. The van der Waals surface area contributed by atoms with Gasteiger partial charge in [-0.25, -0.2) is 0 Å². The standard InChI is InChI=1S/C17H22N2O2/c1-12-9-15(13(2)18-12)16(20)11-19(3)10-14-7-5-6-8-17(14)21-4/h5-9,18H,10-11H2,1-4H3. The van der Waals surface area contributed by atoms with Crippen LogP contribution in [-0.4, -0.2) is 36.4 Å². The van der Waals surface area contributed by atoms with Gasteiger partial charge in [0.05, 0.1) is 13.7 Å². The van der Waals surface area contributed by atoms with Gasteiger partial charge in [0.2, 0.25) is 0 Å². The second-order valence-electron chi connectivity index (χ2n) is 5.40. The van der Waals surface area contributed by atoms with E-state index in [9.17, 15) is 4.79 Å². The van der Waals surface area contributed by atoms with Gasteiger partial charge < -0.3 is 9.72 Å². The largest absolute Gasteiger partial charge is 0.496 e. The number of likely N-dealkylation sites (N-methyl/N-ethyl adjacent to an activating group) is 1. The summed E-state index contributed by atoms with van der Waals surface area (Å²) in [4.78, 5) is 17.5. The molecule has 21 heavy (non-hydrogen) atoms. The number of H-pyrrole nitrogens is 1. The summed E-state index contributed by atoms with van der Waals surface area (Å²) in [5.74, 6) is 0.986. The third-order valence-electron chi connectivity index (χ3n) is 3.50. The summed E-state index contributed by atoms with van der Waals surface area (Å²) in [6, 6.07) is 9.79. The number of para-hydroxylation sites is 1. The maximum Gasteiger partial charge on any atom is 0.178 e. The van der Waals surface area contributed by atoms with Gasteiger partial charge in [-0.15, -0.1) is 0 Å². The van der Waals surface area contributed by atoms with Crippen LogP contribution in [0, 0.1) is 13.8 Å². The fourth-order valence-corrected chi connectivity index (χ4v) is 2.52. The number of nitrogens with zero attached hydrogens (tertiary/aromatic N) is 1. The van der Waals surface area contributed by atoms with E-state index in [0.29, 0.717) is 13.1 Å². The van der Waals surface area contributed by atoms with E-state index in [4.69, 9.17) is 4.74 Å². The molecule has 0 bridgehead atoms. The molecule has 0 aliphatic heterocycles. The summed E-state index contributed by atoms with van der Waals surface area (Å²) in [5, 5.41) is 0. The van der Waals surface area contributed by atoms with Crippen LogP contribution >= 0.6 is 0 Å². The number of ketones is 1. The van der Waals surface area contributed by atoms with E-state index >= 15 is 0 Å². The maximum absolute atomic E-state index is 12.3. The smallest absolute Gasteiger partial charge is 0.178 e. The molecule has 0 saturated heterocycles. The molecule has 112 valence electrons. The Labute approximate surface area is 125 Å². The van der Waals surface area contributed by atoms with E-state index in [-0.39, 0.29) is 5.78 Å². The zero-order valence-corrected chi connectivity index (χ0v) is 13.1. The lowest BCUT2D eigenvalue weighted by molar-refractivity contribution is 0.0942. The molecular weight excluding hydrogens is 264 g/mol. The second-order valence-corrected chi connectivity index (χ2v) is 5.40. The second kappa shape index (κ2) is 6.59. The lowest BCUT2D eigenvalue weighted by atomic mass is 10.1. The minimum absolute atomic E-state index is 0.134. The fraction of sp³-hybridized carbons (Fsp3) is 0.353. The van der Waals surface area contributed by atoms with Crippen LogP contribution in [0.25, 0.3) is 0 Å². The summed E-state index contributed by atoms with van der Waals surface area (Å²) in [6.07, 6.45) is 0.